The number of carbonyl (C=O) groups is 3. The average molecular weight is 490 g/mol. The summed E-state index contributed by atoms with van der Waals surface area (Å²) in [5.41, 5.74) is 6.75. The summed E-state index contributed by atoms with van der Waals surface area (Å²) in [4.78, 5) is 43.0. The van der Waals surface area contributed by atoms with Crippen LogP contribution in [0.1, 0.15) is 42.6 Å². The molecule has 1 aromatic carbocycles. The number of amides is 3. The van der Waals surface area contributed by atoms with Crippen LogP contribution >= 0.6 is 11.6 Å². The zero-order chi connectivity index (χ0) is 25.0. The lowest BCUT2D eigenvalue weighted by atomic mass is 10.1. The van der Waals surface area contributed by atoms with Gasteiger partial charge in [-0.15, -0.1) is 0 Å². The predicted molar refractivity (Wildman–Crippen MR) is 125 cm³/mol. The summed E-state index contributed by atoms with van der Waals surface area (Å²) < 4.78 is 14.3. The third kappa shape index (κ3) is 5.51. The summed E-state index contributed by atoms with van der Waals surface area (Å²) in [5, 5.41) is 11.5. The van der Waals surface area contributed by atoms with Crippen LogP contribution in [0.2, 0.25) is 5.02 Å². The molecule has 2 atom stereocenters. The Balaban J connectivity index is 1.67. The molecule has 1 saturated heterocycles. The van der Waals surface area contributed by atoms with Crippen LogP contribution in [0.3, 0.4) is 0 Å². The van der Waals surface area contributed by atoms with Gasteiger partial charge in [-0.3, -0.25) is 19.4 Å². The minimum absolute atomic E-state index is 0.0264. The number of aryl methyl sites for hydroxylation is 1. The van der Waals surface area contributed by atoms with Crippen molar-refractivity contribution in [1.29, 1.82) is 0 Å². The number of likely N-dealkylation sites (tertiary alicyclic amines) is 1. The number of halogens is 2. The summed E-state index contributed by atoms with van der Waals surface area (Å²) >= 11 is 5.84. The Morgan fingerprint density at radius 1 is 1.38 bits per heavy atom. The third-order valence-corrected chi connectivity index (χ3v) is 6.00. The molecule has 6 N–H and O–H groups in total. The van der Waals surface area contributed by atoms with Crippen LogP contribution in [-0.2, 0) is 14.4 Å². The Morgan fingerprint density at radius 2 is 2.12 bits per heavy atom. The third-order valence-electron chi connectivity index (χ3n) is 5.71. The SMILES string of the molecule is Cc1cc(C(=[NH2+])C(N)=O)c(NCC(=O)N2CCC[C@H]2C(=O)N[C@H](C)c2cccc(Cl)c2F)cn1. The van der Waals surface area contributed by atoms with Crippen LogP contribution in [0.5, 0.6) is 0 Å². The monoisotopic (exact) mass is 489 g/mol. The van der Waals surface area contributed by atoms with Crippen LogP contribution in [0, 0.1) is 12.7 Å². The maximum absolute atomic E-state index is 14.3. The summed E-state index contributed by atoms with van der Waals surface area (Å²) in [7, 11) is 0. The molecule has 0 unspecified atom stereocenters. The van der Waals surface area contributed by atoms with E-state index in [1.54, 1.807) is 32.0 Å². The second-order valence-corrected chi connectivity index (χ2v) is 8.53. The van der Waals surface area contributed by atoms with Gasteiger partial charge in [0.2, 0.25) is 11.8 Å². The van der Waals surface area contributed by atoms with E-state index in [1.807, 2.05) is 0 Å². The Labute approximate surface area is 201 Å². The van der Waals surface area contributed by atoms with Crippen molar-refractivity contribution in [3.8, 4) is 0 Å². The molecule has 0 radical (unpaired) electrons. The molecule has 2 heterocycles. The van der Waals surface area contributed by atoms with Crippen LogP contribution < -0.4 is 21.8 Å². The highest BCUT2D eigenvalue weighted by molar-refractivity contribution is 6.43. The van der Waals surface area contributed by atoms with Crippen molar-refractivity contribution < 1.29 is 24.2 Å². The largest absolute Gasteiger partial charge is 0.374 e. The number of nitrogens with one attached hydrogen (secondary N) is 2. The van der Waals surface area contributed by atoms with Gasteiger partial charge in [-0.1, -0.05) is 23.7 Å². The van der Waals surface area contributed by atoms with Crippen molar-refractivity contribution in [3.63, 3.8) is 0 Å². The molecule has 3 rings (SSSR count). The molecular weight excluding hydrogens is 463 g/mol. The number of anilines is 1. The molecule has 34 heavy (non-hydrogen) atoms. The van der Waals surface area contributed by atoms with Gasteiger partial charge in [-0.25, -0.2) is 9.80 Å². The second-order valence-electron chi connectivity index (χ2n) is 8.12. The average Bonchev–Trinajstić information content (AvgIpc) is 3.29. The highest BCUT2D eigenvalue weighted by Crippen LogP contribution is 2.25. The number of aromatic nitrogens is 1. The van der Waals surface area contributed by atoms with E-state index in [1.165, 1.54) is 17.2 Å². The van der Waals surface area contributed by atoms with Gasteiger partial charge in [0.1, 0.15) is 11.9 Å². The van der Waals surface area contributed by atoms with Gasteiger partial charge in [-0.05, 0) is 38.8 Å². The Kier molecular flexibility index (Phi) is 7.83. The molecule has 1 aromatic heterocycles. The number of nitrogens with two attached hydrogens (primary N) is 2. The quantitative estimate of drug-likeness (QED) is 0.399. The molecule has 3 amide bonds. The molecule has 1 aliphatic heterocycles. The molecule has 11 heteroatoms. The maximum atomic E-state index is 14.3. The molecule has 1 aliphatic rings. The summed E-state index contributed by atoms with van der Waals surface area (Å²) in [6.45, 7) is 3.65. The van der Waals surface area contributed by atoms with Crippen LogP contribution in [0.25, 0.3) is 0 Å². The summed E-state index contributed by atoms with van der Waals surface area (Å²) in [6, 6.07) is 4.87. The predicted octanol–water partition coefficient (Wildman–Crippen LogP) is 0.496. The number of primary amides is 1. The minimum atomic E-state index is -0.790. The number of hydrogen-bond donors (Lipinski definition) is 4. The van der Waals surface area contributed by atoms with Gasteiger partial charge in [0, 0.05) is 17.8 Å². The smallest absolute Gasteiger partial charge is 0.313 e. The number of nitrogens with zero attached hydrogens (tertiary/aromatic N) is 2. The molecule has 2 aromatic rings. The van der Waals surface area contributed by atoms with E-state index in [-0.39, 0.29) is 34.7 Å². The van der Waals surface area contributed by atoms with Gasteiger partial charge < -0.3 is 21.3 Å². The highest BCUT2D eigenvalue weighted by atomic mass is 35.5. The second kappa shape index (κ2) is 10.6. The molecule has 0 aliphatic carbocycles. The Morgan fingerprint density at radius 3 is 2.82 bits per heavy atom. The topological polar surface area (TPSA) is 143 Å². The van der Waals surface area contributed by atoms with Crippen molar-refractivity contribution in [1.82, 2.24) is 15.2 Å². The number of hydrogen-bond acceptors (Lipinski definition) is 5. The lowest BCUT2D eigenvalue weighted by Gasteiger charge is -2.26. The number of pyridine rings is 1. The fourth-order valence-electron chi connectivity index (χ4n) is 3.91. The van der Waals surface area contributed by atoms with E-state index < -0.39 is 23.8 Å². The first kappa shape index (κ1) is 25.1. The first-order valence-corrected chi connectivity index (χ1v) is 11.1. The molecule has 0 saturated carbocycles. The molecule has 0 bridgehead atoms. The van der Waals surface area contributed by atoms with Crippen molar-refractivity contribution in [2.45, 2.75) is 38.8 Å². The van der Waals surface area contributed by atoms with Crippen molar-refractivity contribution >= 4 is 40.7 Å². The highest BCUT2D eigenvalue weighted by Gasteiger charge is 2.35. The van der Waals surface area contributed by atoms with Gasteiger partial charge >= 0.3 is 5.91 Å². The molecule has 9 nitrogen and oxygen atoms in total. The molecular formula is C23H27ClFN6O3+. The van der Waals surface area contributed by atoms with Gasteiger partial charge in [0.15, 0.2) is 0 Å². The maximum Gasteiger partial charge on any atom is 0.313 e. The van der Waals surface area contributed by atoms with Crippen molar-refractivity contribution in [2.24, 2.45) is 5.73 Å². The summed E-state index contributed by atoms with van der Waals surface area (Å²) in [6.07, 6.45) is 2.61. The number of carbonyl (C=O) groups excluding carboxylic acids is 3. The van der Waals surface area contributed by atoms with E-state index in [0.717, 1.165) is 0 Å². The Hall–Kier alpha value is -3.53. The number of rotatable bonds is 8. The van der Waals surface area contributed by atoms with E-state index in [2.05, 4.69) is 15.6 Å². The Bertz CT molecular complexity index is 1140. The van der Waals surface area contributed by atoms with Crippen LogP contribution in [-0.4, -0.2) is 52.4 Å². The standard InChI is InChI=1S/C23H26ClFN6O3/c1-12-9-15(21(26)22(27)33)17(10-28-12)29-11-19(32)31-8-4-7-18(31)23(34)30-13(2)14-5-3-6-16(24)20(14)25/h3,5-6,9-10,13,18,26,29H,4,7-8,11H2,1-2H3,(H2,27,33)(H,30,34)/p+1/t13-,18+/m1/s1. The van der Waals surface area contributed by atoms with Gasteiger partial charge in [0.25, 0.3) is 5.71 Å². The fourth-order valence-corrected chi connectivity index (χ4v) is 4.09. The zero-order valence-corrected chi connectivity index (χ0v) is 19.7. The van der Waals surface area contributed by atoms with Gasteiger partial charge in [-0.2, -0.15) is 0 Å². The number of benzene rings is 1. The van der Waals surface area contributed by atoms with Crippen molar-refractivity contribution in [3.05, 3.63) is 58.1 Å². The minimum Gasteiger partial charge on any atom is -0.374 e. The molecule has 0 spiro atoms. The molecule has 180 valence electrons. The zero-order valence-electron chi connectivity index (χ0n) is 18.9. The molecule has 1 fully saturated rings. The van der Waals surface area contributed by atoms with Crippen molar-refractivity contribution in [2.75, 3.05) is 18.4 Å². The lowest BCUT2D eigenvalue weighted by molar-refractivity contribution is -0.137. The van der Waals surface area contributed by atoms with Crippen LogP contribution in [0.15, 0.2) is 30.5 Å². The van der Waals surface area contributed by atoms with E-state index in [0.29, 0.717) is 36.3 Å². The first-order valence-electron chi connectivity index (χ1n) is 10.8. The fraction of sp³-hybridized carbons (Fsp3) is 0.348. The van der Waals surface area contributed by atoms with E-state index in [9.17, 15) is 18.8 Å². The van der Waals surface area contributed by atoms with Crippen LogP contribution in [0.4, 0.5) is 10.1 Å². The van der Waals surface area contributed by atoms with E-state index in [4.69, 9.17) is 22.7 Å². The lowest BCUT2D eigenvalue weighted by Crippen LogP contribution is -2.49. The van der Waals surface area contributed by atoms with Gasteiger partial charge in [0.05, 0.1) is 35.1 Å². The summed E-state index contributed by atoms with van der Waals surface area (Å²) in [5.74, 6) is -2.07. The normalized spacial score (nSPS) is 16.1. The first-order chi connectivity index (χ1) is 16.1. The van der Waals surface area contributed by atoms with E-state index >= 15 is 0 Å².